The third kappa shape index (κ3) is 2.23. The van der Waals surface area contributed by atoms with E-state index in [0.29, 0.717) is 5.56 Å². The second kappa shape index (κ2) is 3.97. The van der Waals surface area contributed by atoms with E-state index in [0.717, 1.165) is 11.1 Å². The molecule has 0 aliphatic carbocycles. The van der Waals surface area contributed by atoms with Gasteiger partial charge in [0.05, 0.1) is 6.54 Å². The average Bonchev–Trinajstić information content (AvgIpc) is 2.09. The van der Waals surface area contributed by atoms with Crippen LogP contribution in [0.4, 0.5) is 4.39 Å². The Labute approximate surface area is 76.1 Å². The summed E-state index contributed by atoms with van der Waals surface area (Å²) in [6.07, 6.45) is 1.46. The largest absolute Gasteiger partial charge is 0.235 e. The highest BCUT2D eigenvalue weighted by Gasteiger charge is 2.02. The van der Waals surface area contributed by atoms with Gasteiger partial charge in [0.2, 0.25) is 6.08 Å². The molecule has 0 saturated carbocycles. The molecule has 0 aliphatic rings. The van der Waals surface area contributed by atoms with Gasteiger partial charge >= 0.3 is 0 Å². The van der Waals surface area contributed by atoms with Crippen molar-refractivity contribution in [2.75, 3.05) is 0 Å². The zero-order valence-corrected chi connectivity index (χ0v) is 7.60. The van der Waals surface area contributed by atoms with Crippen molar-refractivity contribution in [3.05, 3.63) is 34.6 Å². The summed E-state index contributed by atoms with van der Waals surface area (Å²) in [7, 11) is 0. The first-order chi connectivity index (χ1) is 6.15. The number of aliphatic imine (C=N–C) groups is 1. The molecule has 0 aromatic heterocycles. The van der Waals surface area contributed by atoms with Crippen LogP contribution in [0.25, 0.3) is 0 Å². The Morgan fingerprint density at radius 1 is 1.38 bits per heavy atom. The summed E-state index contributed by atoms with van der Waals surface area (Å²) >= 11 is 0. The number of hydrogen-bond donors (Lipinski definition) is 0. The number of aryl methyl sites for hydroxylation is 2. The van der Waals surface area contributed by atoms with E-state index in [1.165, 1.54) is 12.1 Å². The minimum Gasteiger partial charge on any atom is -0.211 e. The van der Waals surface area contributed by atoms with E-state index in [1.807, 2.05) is 0 Å². The minimum absolute atomic E-state index is 0.226. The van der Waals surface area contributed by atoms with Gasteiger partial charge < -0.3 is 0 Å². The van der Waals surface area contributed by atoms with Crippen molar-refractivity contribution in [1.82, 2.24) is 0 Å². The third-order valence-corrected chi connectivity index (χ3v) is 1.93. The summed E-state index contributed by atoms with van der Waals surface area (Å²) in [5.41, 5.74) is 2.24. The van der Waals surface area contributed by atoms with Crippen LogP contribution < -0.4 is 0 Å². The van der Waals surface area contributed by atoms with Crippen molar-refractivity contribution in [2.45, 2.75) is 20.4 Å². The Morgan fingerprint density at radius 2 is 2.08 bits per heavy atom. The lowest BCUT2D eigenvalue weighted by Crippen LogP contribution is -1.92. The Hall–Kier alpha value is -1.47. The molecule has 0 radical (unpaired) electrons. The maximum absolute atomic E-state index is 13.0. The average molecular weight is 179 g/mol. The highest BCUT2D eigenvalue weighted by Crippen LogP contribution is 2.15. The highest BCUT2D eigenvalue weighted by atomic mass is 19.1. The summed E-state index contributed by atoms with van der Waals surface area (Å²) in [5, 5.41) is 0. The van der Waals surface area contributed by atoms with Crippen molar-refractivity contribution in [3.8, 4) is 0 Å². The number of hydrogen-bond acceptors (Lipinski definition) is 2. The SMILES string of the molecule is Cc1cc(CN=C=O)c(C)cc1F. The van der Waals surface area contributed by atoms with Crippen molar-refractivity contribution < 1.29 is 9.18 Å². The maximum Gasteiger partial charge on any atom is 0.235 e. The van der Waals surface area contributed by atoms with Crippen LogP contribution >= 0.6 is 0 Å². The zero-order chi connectivity index (χ0) is 9.84. The summed E-state index contributed by atoms with van der Waals surface area (Å²) in [6, 6.07) is 3.15. The fourth-order valence-electron chi connectivity index (χ4n) is 1.13. The number of isocyanates is 1. The van der Waals surface area contributed by atoms with Crippen LogP contribution in [0, 0.1) is 19.7 Å². The standard InChI is InChI=1S/C10H10FNO/c1-7-4-10(11)8(2)3-9(7)5-12-6-13/h3-4H,5H2,1-2H3. The first kappa shape index (κ1) is 9.62. The van der Waals surface area contributed by atoms with E-state index in [-0.39, 0.29) is 12.4 Å². The van der Waals surface area contributed by atoms with Gasteiger partial charge in [-0.2, -0.15) is 0 Å². The Morgan fingerprint density at radius 3 is 2.69 bits per heavy atom. The van der Waals surface area contributed by atoms with Gasteiger partial charge in [-0.15, -0.1) is 0 Å². The molecule has 13 heavy (non-hydrogen) atoms. The Balaban J connectivity index is 3.07. The quantitative estimate of drug-likeness (QED) is 0.506. The van der Waals surface area contributed by atoms with Gasteiger partial charge in [-0.3, -0.25) is 0 Å². The molecule has 0 bridgehead atoms. The van der Waals surface area contributed by atoms with Gasteiger partial charge in [-0.25, -0.2) is 14.2 Å². The fraction of sp³-hybridized carbons (Fsp3) is 0.300. The van der Waals surface area contributed by atoms with Crippen molar-refractivity contribution >= 4 is 6.08 Å². The number of nitrogens with zero attached hydrogens (tertiary/aromatic N) is 1. The molecule has 0 atom stereocenters. The molecule has 0 amide bonds. The molecule has 0 aliphatic heterocycles. The number of benzene rings is 1. The van der Waals surface area contributed by atoms with Crippen LogP contribution in [-0.2, 0) is 11.3 Å². The van der Waals surface area contributed by atoms with Crippen LogP contribution in [0.5, 0.6) is 0 Å². The molecule has 68 valence electrons. The molecule has 1 aromatic carbocycles. The van der Waals surface area contributed by atoms with Crippen LogP contribution in [-0.4, -0.2) is 6.08 Å². The molecule has 1 rings (SSSR count). The lowest BCUT2D eigenvalue weighted by atomic mass is 10.1. The van der Waals surface area contributed by atoms with Crippen LogP contribution in [0.2, 0.25) is 0 Å². The predicted octanol–water partition coefficient (Wildman–Crippen LogP) is 2.28. The van der Waals surface area contributed by atoms with Crippen LogP contribution in [0.3, 0.4) is 0 Å². The topological polar surface area (TPSA) is 29.4 Å². The Kier molecular flexibility index (Phi) is 2.93. The van der Waals surface area contributed by atoms with Gasteiger partial charge in [-0.05, 0) is 36.6 Å². The van der Waals surface area contributed by atoms with E-state index in [2.05, 4.69) is 4.99 Å². The molecule has 0 saturated heterocycles. The molecule has 3 heteroatoms. The van der Waals surface area contributed by atoms with Gasteiger partial charge in [-0.1, -0.05) is 6.07 Å². The van der Waals surface area contributed by atoms with E-state index in [9.17, 15) is 9.18 Å². The third-order valence-electron chi connectivity index (χ3n) is 1.93. The van der Waals surface area contributed by atoms with Gasteiger partial charge in [0.25, 0.3) is 0 Å². The maximum atomic E-state index is 13.0. The van der Waals surface area contributed by atoms with Crippen molar-refractivity contribution in [2.24, 2.45) is 4.99 Å². The molecule has 0 N–H and O–H groups in total. The second-order valence-corrected chi connectivity index (χ2v) is 2.94. The highest BCUT2D eigenvalue weighted by molar-refractivity contribution is 5.36. The first-order valence-corrected chi connectivity index (χ1v) is 3.94. The predicted molar refractivity (Wildman–Crippen MR) is 47.7 cm³/mol. The van der Waals surface area contributed by atoms with E-state index >= 15 is 0 Å². The molecule has 0 spiro atoms. The summed E-state index contributed by atoms with van der Waals surface area (Å²) in [5.74, 6) is -0.226. The normalized spacial score (nSPS) is 9.46. The van der Waals surface area contributed by atoms with Crippen molar-refractivity contribution in [3.63, 3.8) is 0 Å². The lowest BCUT2D eigenvalue weighted by Gasteiger charge is -2.04. The second-order valence-electron chi connectivity index (χ2n) is 2.94. The molecule has 0 fully saturated rings. The molecule has 2 nitrogen and oxygen atoms in total. The fourth-order valence-corrected chi connectivity index (χ4v) is 1.13. The number of rotatable bonds is 2. The zero-order valence-electron chi connectivity index (χ0n) is 7.60. The van der Waals surface area contributed by atoms with Crippen LogP contribution in [0.1, 0.15) is 16.7 Å². The molecule has 0 unspecified atom stereocenters. The molecule has 0 heterocycles. The van der Waals surface area contributed by atoms with E-state index in [1.54, 1.807) is 19.9 Å². The monoisotopic (exact) mass is 179 g/mol. The summed E-state index contributed by atoms with van der Waals surface area (Å²) in [6.45, 7) is 3.75. The summed E-state index contributed by atoms with van der Waals surface area (Å²) in [4.78, 5) is 13.3. The number of carbonyl (C=O) groups excluding carboxylic acids is 1. The molecular formula is C10H10FNO. The van der Waals surface area contributed by atoms with Gasteiger partial charge in [0.1, 0.15) is 5.82 Å². The Bertz CT molecular complexity index is 367. The van der Waals surface area contributed by atoms with E-state index < -0.39 is 0 Å². The van der Waals surface area contributed by atoms with Gasteiger partial charge in [0, 0.05) is 0 Å². The summed E-state index contributed by atoms with van der Waals surface area (Å²) < 4.78 is 13.0. The molecular weight excluding hydrogens is 169 g/mol. The smallest absolute Gasteiger partial charge is 0.211 e. The molecule has 1 aromatic rings. The van der Waals surface area contributed by atoms with Crippen molar-refractivity contribution in [1.29, 1.82) is 0 Å². The van der Waals surface area contributed by atoms with E-state index in [4.69, 9.17) is 0 Å². The minimum atomic E-state index is -0.226. The van der Waals surface area contributed by atoms with Crippen LogP contribution in [0.15, 0.2) is 17.1 Å². The first-order valence-electron chi connectivity index (χ1n) is 3.94. The number of halogens is 1. The van der Waals surface area contributed by atoms with Gasteiger partial charge in [0.15, 0.2) is 0 Å². The lowest BCUT2D eigenvalue weighted by molar-refractivity contribution is 0.562.